The van der Waals surface area contributed by atoms with E-state index >= 15 is 0 Å². The normalized spacial score (nSPS) is 35.4. The molecule has 4 rings (SSSR count). The monoisotopic (exact) mass is 343 g/mol. The predicted octanol–water partition coefficient (Wildman–Crippen LogP) is 3.00. The van der Waals surface area contributed by atoms with Gasteiger partial charge in [0.15, 0.2) is 0 Å². The lowest BCUT2D eigenvalue weighted by molar-refractivity contribution is -0.0768. The standard InChI is InChI=1S/C21H29NO3/c1-4-10-21-14-6-7-17(24)20(21)25-18-9-8-16(23)13(19(18)21)12-15(14)22(3)11-5-2/h5,8-9,14-15,17,20,23-24H,2,4,6-7,10-12H2,1,3H3/t14?,15?,17-,20?,21-/m0/s1. The van der Waals surface area contributed by atoms with Gasteiger partial charge in [-0.25, -0.2) is 0 Å². The third-order valence-corrected chi connectivity index (χ3v) is 6.79. The Morgan fingerprint density at radius 2 is 2.20 bits per heavy atom. The van der Waals surface area contributed by atoms with Crippen LogP contribution in [0.25, 0.3) is 0 Å². The van der Waals surface area contributed by atoms with Gasteiger partial charge >= 0.3 is 0 Å². The number of benzene rings is 1. The van der Waals surface area contributed by atoms with E-state index in [1.54, 1.807) is 6.07 Å². The van der Waals surface area contributed by atoms with Crippen LogP contribution >= 0.6 is 0 Å². The number of phenols is 1. The van der Waals surface area contributed by atoms with Gasteiger partial charge in [-0.05, 0) is 50.8 Å². The van der Waals surface area contributed by atoms with E-state index in [-0.39, 0.29) is 11.5 Å². The molecule has 1 aromatic carbocycles. The summed E-state index contributed by atoms with van der Waals surface area (Å²) < 4.78 is 6.31. The molecule has 136 valence electrons. The Kier molecular flexibility index (Phi) is 4.08. The second kappa shape index (κ2) is 6.03. The van der Waals surface area contributed by atoms with Crippen molar-refractivity contribution >= 4 is 0 Å². The first-order valence-corrected chi connectivity index (χ1v) is 9.55. The van der Waals surface area contributed by atoms with E-state index in [0.29, 0.717) is 17.7 Å². The molecule has 0 aromatic heterocycles. The number of nitrogens with zero attached hydrogens (tertiary/aromatic N) is 1. The van der Waals surface area contributed by atoms with Crippen molar-refractivity contribution in [2.24, 2.45) is 5.92 Å². The van der Waals surface area contributed by atoms with Gasteiger partial charge in [0.05, 0.1) is 6.10 Å². The van der Waals surface area contributed by atoms with Crippen LogP contribution in [0.3, 0.4) is 0 Å². The number of hydrogen-bond donors (Lipinski definition) is 2. The molecule has 0 amide bonds. The van der Waals surface area contributed by atoms with E-state index in [4.69, 9.17) is 4.74 Å². The Bertz CT molecular complexity index is 688. The summed E-state index contributed by atoms with van der Waals surface area (Å²) in [6.07, 6.45) is 5.96. The first-order chi connectivity index (χ1) is 12.0. The minimum atomic E-state index is -0.436. The first kappa shape index (κ1) is 16.9. The van der Waals surface area contributed by atoms with E-state index in [9.17, 15) is 10.2 Å². The Labute approximate surface area is 150 Å². The lowest BCUT2D eigenvalue weighted by Crippen LogP contribution is -2.62. The highest BCUT2D eigenvalue weighted by atomic mass is 16.5. The van der Waals surface area contributed by atoms with E-state index in [1.165, 1.54) is 5.56 Å². The molecule has 2 aliphatic carbocycles. The number of aliphatic hydroxyl groups is 1. The Morgan fingerprint density at radius 3 is 2.92 bits per heavy atom. The lowest BCUT2D eigenvalue weighted by atomic mass is 9.52. The van der Waals surface area contributed by atoms with Crippen molar-refractivity contribution in [2.75, 3.05) is 13.6 Å². The smallest absolute Gasteiger partial charge is 0.135 e. The molecule has 0 spiro atoms. The van der Waals surface area contributed by atoms with E-state index < -0.39 is 6.10 Å². The van der Waals surface area contributed by atoms with E-state index in [0.717, 1.165) is 50.0 Å². The Morgan fingerprint density at radius 1 is 1.40 bits per heavy atom. The number of aromatic hydroxyl groups is 1. The van der Waals surface area contributed by atoms with Crippen molar-refractivity contribution in [3.8, 4) is 11.5 Å². The van der Waals surface area contributed by atoms with Crippen LogP contribution in [0.15, 0.2) is 24.8 Å². The summed E-state index contributed by atoms with van der Waals surface area (Å²) in [5.74, 6) is 1.68. The number of ether oxygens (including phenoxy) is 1. The Hall–Kier alpha value is -1.52. The zero-order valence-corrected chi connectivity index (χ0v) is 15.2. The highest BCUT2D eigenvalue weighted by Gasteiger charge is 2.63. The molecule has 4 nitrogen and oxygen atoms in total. The van der Waals surface area contributed by atoms with Gasteiger partial charge in [-0.15, -0.1) is 6.58 Å². The van der Waals surface area contributed by atoms with Crippen LogP contribution in [0, 0.1) is 5.92 Å². The third kappa shape index (κ3) is 2.20. The quantitative estimate of drug-likeness (QED) is 0.807. The van der Waals surface area contributed by atoms with Crippen molar-refractivity contribution < 1.29 is 14.9 Å². The number of phenolic OH excluding ortho intramolecular Hbond substituents is 1. The third-order valence-electron chi connectivity index (χ3n) is 6.79. The summed E-state index contributed by atoms with van der Waals surface area (Å²) in [6.45, 7) is 6.93. The van der Waals surface area contributed by atoms with Gasteiger partial charge in [0.1, 0.15) is 17.6 Å². The molecule has 0 bridgehead atoms. The van der Waals surface area contributed by atoms with Crippen LogP contribution in [0.5, 0.6) is 11.5 Å². The van der Waals surface area contributed by atoms with Crippen LogP contribution in [-0.2, 0) is 11.8 Å². The topological polar surface area (TPSA) is 52.9 Å². The fraction of sp³-hybridized carbons (Fsp3) is 0.619. The lowest BCUT2D eigenvalue weighted by Gasteiger charge is -2.54. The van der Waals surface area contributed by atoms with Gasteiger partial charge in [-0.2, -0.15) is 0 Å². The molecule has 25 heavy (non-hydrogen) atoms. The number of likely N-dealkylation sites (N-methyl/N-ethyl adjacent to an activating group) is 1. The van der Waals surface area contributed by atoms with Crippen molar-refractivity contribution in [2.45, 2.75) is 62.7 Å². The summed E-state index contributed by atoms with van der Waals surface area (Å²) in [7, 11) is 2.15. The number of aliphatic hydroxyl groups excluding tert-OH is 1. The molecule has 1 fully saturated rings. The van der Waals surface area contributed by atoms with Crippen molar-refractivity contribution in [3.05, 3.63) is 35.9 Å². The summed E-state index contributed by atoms with van der Waals surface area (Å²) in [6, 6.07) is 3.97. The second-order valence-electron chi connectivity index (χ2n) is 8.02. The number of hydrogen-bond acceptors (Lipinski definition) is 4. The summed E-state index contributed by atoms with van der Waals surface area (Å²) >= 11 is 0. The SMILES string of the molecule is C=CCN(C)C1Cc2c(O)ccc3c2[C@]2(CCC)C1CC[C@H](O)C2O3. The molecule has 3 unspecified atom stereocenters. The first-order valence-electron chi connectivity index (χ1n) is 9.55. The Balaban J connectivity index is 1.92. The molecule has 0 saturated heterocycles. The van der Waals surface area contributed by atoms with Crippen LogP contribution in [0.4, 0.5) is 0 Å². The highest BCUT2D eigenvalue weighted by Crippen LogP contribution is 2.61. The van der Waals surface area contributed by atoms with E-state index in [1.807, 2.05) is 12.1 Å². The molecule has 1 heterocycles. The fourth-order valence-electron chi connectivity index (χ4n) is 5.95. The van der Waals surface area contributed by atoms with Crippen LogP contribution < -0.4 is 4.74 Å². The molecule has 4 heteroatoms. The van der Waals surface area contributed by atoms with Gasteiger partial charge in [0.25, 0.3) is 0 Å². The maximum atomic E-state index is 10.8. The predicted molar refractivity (Wildman–Crippen MR) is 98.2 cm³/mol. The molecular formula is C21H29NO3. The molecule has 1 saturated carbocycles. The van der Waals surface area contributed by atoms with Crippen molar-refractivity contribution in [3.63, 3.8) is 0 Å². The minimum absolute atomic E-state index is 0.186. The molecular weight excluding hydrogens is 314 g/mol. The zero-order valence-electron chi connectivity index (χ0n) is 15.2. The minimum Gasteiger partial charge on any atom is -0.508 e. The molecule has 3 aliphatic rings. The molecule has 2 N–H and O–H groups in total. The summed E-state index contributed by atoms with van der Waals surface area (Å²) in [4.78, 5) is 2.36. The average Bonchev–Trinajstić information content (AvgIpc) is 2.93. The van der Waals surface area contributed by atoms with Gasteiger partial charge in [-0.3, -0.25) is 4.90 Å². The summed E-state index contributed by atoms with van der Waals surface area (Å²) in [5.41, 5.74) is 2.03. The van der Waals surface area contributed by atoms with Crippen LogP contribution in [-0.4, -0.2) is 47.0 Å². The molecule has 0 radical (unpaired) electrons. The van der Waals surface area contributed by atoms with Gasteiger partial charge in [0, 0.05) is 29.1 Å². The van der Waals surface area contributed by atoms with Gasteiger partial charge < -0.3 is 14.9 Å². The highest BCUT2D eigenvalue weighted by molar-refractivity contribution is 5.59. The molecule has 1 aliphatic heterocycles. The second-order valence-corrected chi connectivity index (χ2v) is 8.02. The molecule has 1 aromatic rings. The van der Waals surface area contributed by atoms with Crippen molar-refractivity contribution in [1.29, 1.82) is 0 Å². The maximum absolute atomic E-state index is 10.8. The average molecular weight is 343 g/mol. The largest absolute Gasteiger partial charge is 0.508 e. The van der Waals surface area contributed by atoms with Crippen LogP contribution in [0.2, 0.25) is 0 Å². The van der Waals surface area contributed by atoms with E-state index in [2.05, 4.69) is 25.5 Å². The maximum Gasteiger partial charge on any atom is 0.135 e. The summed E-state index contributed by atoms with van der Waals surface area (Å²) in [5, 5.41) is 21.4. The van der Waals surface area contributed by atoms with Crippen molar-refractivity contribution in [1.82, 2.24) is 4.90 Å². The van der Waals surface area contributed by atoms with Crippen LogP contribution in [0.1, 0.15) is 43.7 Å². The fourth-order valence-corrected chi connectivity index (χ4v) is 5.95. The zero-order chi connectivity index (χ0) is 17.8. The van der Waals surface area contributed by atoms with Gasteiger partial charge in [-0.1, -0.05) is 19.4 Å². The molecule has 5 atom stereocenters. The number of rotatable bonds is 5. The van der Waals surface area contributed by atoms with Gasteiger partial charge in [0.2, 0.25) is 0 Å².